The van der Waals surface area contributed by atoms with Crippen molar-refractivity contribution in [2.75, 3.05) is 4.90 Å². The number of hydrogen-bond donors (Lipinski definition) is 0. The molecule has 2 aliphatic rings. The quantitative estimate of drug-likeness (QED) is 0.174. The summed E-state index contributed by atoms with van der Waals surface area (Å²) in [4.78, 5) is 2.34. The van der Waals surface area contributed by atoms with E-state index < -0.39 is 5.41 Å². The van der Waals surface area contributed by atoms with Gasteiger partial charge in [-0.25, -0.2) is 0 Å². The van der Waals surface area contributed by atoms with Crippen molar-refractivity contribution < 1.29 is 9.15 Å². The molecule has 1 aromatic heterocycles. The molecule has 62 heavy (non-hydrogen) atoms. The third-order valence-electron chi connectivity index (χ3n) is 13.1. The molecule has 0 saturated heterocycles. The van der Waals surface area contributed by atoms with E-state index in [1.165, 1.54) is 49.9 Å². The average Bonchev–Trinajstić information content (AvgIpc) is 3.86. The summed E-state index contributed by atoms with van der Waals surface area (Å²) in [5, 5.41) is 4.52. The van der Waals surface area contributed by atoms with Gasteiger partial charge in [-0.05, 0) is 104 Å². The molecule has 11 aromatic rings. The van der Waals surface area contributed by atoms with Crippen LogP contribution in [0.4, 0.5) is 17.1 Å². The summed E-state index contributed by atoms with van der Waals surface area (Å²) in [5.74, 6) is 1.79. The second kappa shape index (κ2) is 13.4. The zero-order valence-electron chi connectivity index (χ0n) is 33.6. The third kappa shape index (κ3) is 5.00. The highest BCUT2D eigenvalue weighted by Crippen LogP contribution is 2.63. The van der Waals surface area contributed by atoms with Crippen LogP contribution in [0.1, 0.15) is 22.3 Å². The Kier molecular flexibility index (Phi) is 7.52. The summed E-state index contributed by atoms with van der Waals surface area (Å²) in [6.07, 6.45) is 0. The van der Waals surface area contributed by atoms with Crippen molar-refractivity contribution in [1.82, 2.24) is 0 Å². The Labute approximate surface area is 359 Å². The second-order valence-corrected chi connectivity index (χ2v) is 16.4. The molecule has 2 heterocycles. The zero-order valence-corrected chi connectivity index (χ0v) is 33.6. The molecular weight excluding hydrogens is 755 g/mol. The van der Waals surface area contributed by atoms with E-state index >= 15 is 0 Å². The number of nitrogens with zero attached hydrogens (tertiary/aromatic N) is 1. The smallest absolute Gasteiger partial charge is 0.143 e. The van der Waals surface area contributed by atoms with E-state index in [1.807, 2.05) is 0 Å². The van der Waals surface area contributed by atoms with Crippen molar-refractivity contribution in [1.29, 1.82) is 0 Å². The fraction of sp³-hybridized carbons (Fsp3) is 0.0169. The van der Waals surface area contributed by atoms with Gasteiger partial charge in [-0.2, -0.15) is 0 Å². The minimum Gasteiger partial charge on any atom is -0.457 e. The Morgan fingerprint density at radius 2 is 0.968 bits per heavy atom. The average molecular weight is 792 g/mol. The Hall–Kier alpha value is -8.14. The number of anilines is 3. The summed E-state index contributed by atoms with van der Waals surface area (Å²) in [6, 6.07) is 80.8. The molecular formula is C59H37NO2. The van der Waals surface area contributed by atoms with Crippen LogP contribution in [0.3, 0.4) is 0 Å². The van der Waals surface area contributed by atoms with E-state index in [4.69, 9.17) is 9.15 Å². The number of furan rings is 1. The topological polar surface area (TPSA) is 25.6 Å². The first-order valence-corrected chi connectivity index (χ1v) is 21.2. The van der Waals surface area contributed by atoms with Crippen LogP contribution in [0.2, 0.25) is 0 Å². The van der Waals surface area contributed by atoms with Crippen LogP contribution in [-0.4, -0.2) is 0 Å². The van der Waals surface area contributed by atoms with Gasteiger partial charge in [0, 0.05) is 50.4 Å². The van der Waals surface area contributed by atoms with Gasteiger partial charge in [-0.15, -0.1) is 0 Å². The van der Waals surface area contributed by atoms with Gasteiger partial charge in [0.1, 0.15) is 22.7 Å². The van der Waals surface area contributed by atoms with E-state index in [0.717, 1.165) is 67.0 Å². The van der Waals surface area contributed by atoms with E-state index in [-0.39, 0.29) is 0 Å². The monoisotopic (exact) mass is 791 g/mol. The molecule has 0 amide bonds. The maximum atomic E-state index is 6.73. The van der Waals surface area contributed by atoms with Crippen LogP contribution in [0.5, 0.6) is 11.5 Å². The van der Waals surface area contributed by atoms with E-state index in [1.54, 1.807) is 0 Å². The molecule has 290 valence electrons. The second-order valence-electron chi connectivity index (χ2n) is 16.4. The van der Waals surface area contributed by atoms with Crippen LogP contribution in [-0.2, 0) is 5.41 Å². The van der Waals surface area contributed by atoms with E-state index in [2.05, 4.69) is 229 Å². The first-order valence-electron chi connectivity index (χ1n) is 21.2. The molecule has 0 saturated carbocycles. The Morgan fingerprint density at radius 1 is 0.355 bits per heavy atom. The Balaban J connectivity index is 0.978. The van der Waals surface area contributed by atoms with Crippen LogP contribution in [0.15, 0.2) is 229 Å². The van der Waals surface area contributed by atoms with Crippen molar-refractivity contribution in [3.05, 3.63) is 247 Å². The predicted octanol–water partition coefficient (Wildman–Crippen LogP) is 16.0. The number of para-hydroxylation sites is 2. The van der Waals surface area contributed by atoms with E-state index in [9.17, 15) is 0 Å². The summed E-state index contributed by atoms with van der Waals surface area (Å²) in [7, 11) is 0. The summed E-state index contributed by atoms with van der Waals surface area (Å²) in [5.41, 5.74) is 16.5. The van der Waals surface area contributed by atoms with Gasteiger partial charge in [0.05, 0.1) is 5.41 Å². The van der Waals surface area contributed by atoms with Gasteiger partial charge in [0.25, 0.3) is 0 Å². The third-order valence-corrected chi connectivity index (χ3v) is 13.1. The van der Waals surface area contributed by atoms with Crippen LogP contribution >= 0.6 is 0 Å². The molecule has 3 nitrogen and oxygen atoms in total. The molecule has 3 heteroatoms. The molecule has 10 aromatic carbocycles. The molecule has 1 aliphatic heterocycles. The van der Waals surface area contributed by atoms with Gasteiger partial charge < -0.3 is 14.1 Å². The molecule has 0 radical (unpaired) electrons. The first kappa shape index (κ1) is 34.7. The van der Waals surface area contributed by atoms with Gasteiger partial charge >= 0.3 is 0 Å². The highest BCUT2D eigenvalue weighted by molar-refractivity contribution is 6.15. The Morgan fingerprint density at radius 3 is 1.79 bits per heavy atom. The van der Waals surface area contributed by atoms with Gasteiger partial charge in [-0.3, -0.25) is 0 Å². The highest BCUT2D eigenvalue weighted by atomic mass is 16.5. The van der Waals surface area contributed by atoms with E-state index in [0.29, 0.717) is 0 Å². The number of rotatable bonds is 5. The fourth-order valence-corrected chi connectivity index (χ4v) is 10.5. The zero-order chi connectivity index (χ0) is 40.8. The number of ether oxygens (including phenoxy) is 1. The summed E-state index contributed by atoms with van der Waals surface area (Å²) in [6.45, 7) is 0. The lowest BCUT2D eigenvalue weighted by atomic mass is 9.66. The normalized spacial score (nSPS) is 13.1. The van der Waals surface area contributed by atoms with Crippen molar-refractivity contribution in [2.45, 2.75) is 5.41 Å². The van der Waals surface area contributed by atoms with Crippen molar-refractivity contribution in [2.24, 2.45) is 0 Å². The Bertz CT molecular complexity index is 3520. The molecule has 1 spiro atoms. The summed E-state index contributed by atoms with van der Waals surface area (Å²) >= 11 is 0. The SMILES string of the molecule is c1ccc(-c2cccc(N(c3ccc(-c4cccc5c4-c4ccccc4C54c5ccccc5Oc5ccccc54)cc3)c3ccc4c(c3)oc3c5ccccc5ccc43)c2)cc1. The minimum atomic E-state index is -0.518. The van der Waals surface area contributed by atoms with Crippen molar-refractivity contribution in [3.63, 3.8) is 0 Å². The number of fused-ring (bicyclic) bond motifs is 14. The maximum absolute atomic E-state index is 6.73. The number of hydrogen-bond acceptors (Lipinski definition) is 3. The van der Waals surface area contributed by atoms with Crippen LogP contribution in [0.25, 0.3) is 66.1 Å². The maximum Gasteiger partial charge on any atom is 0.143 e. The lowest BCUT2D eigenvalue weighted by molar-refractivity contribution is 0.436. The molecule has 1 aliphatic carbocycles. The predicted molar refractivity (Wildman–Crippen MR) is 254 cm³/mol. The van der Waals surface area contributed by atoms with Crippen LogP contribution in [0, 0.1) is 0 Å². The van der Waals surface area contributed by atoms with Crippen molar-refractivity contribution in [3.8, 4) is 44.9 Å². The molecule has 0 unspecified atom stereocenters. The lowest BCUT2D eigenvalue weighted by Gasteiger charge is -2.39. The van der Waals surface area contributed by atoms with Gasteiger partial charge in [0.15, 0.2) is 0 Å². The molecule has 0 fully saturated rings. The molecule has 0 atom stereocenters. The van der Waals surface area contributed by atoms with Gasteiger partial charge in [-0.1, -0.05) is 164 Å². The molecule has 0 bridgehead atoms. The fourth-order valence-electron chi connectivity index (χ4n) is 10.5. The number of benzene rings is 10. The standard InChI is InChI=1S/C59H37NO2/c1-2-14-38(15-3-1)41-17-12-18-43(36-41)60(44-33-35-47-48-34-30-39-16-4-5-19-46(39)58(48)62-56(47)37-44)42-31-28-40(29-32-42)45-21-13-25-53-57(45)49-20-6-7-22-50(49)59(53)51-23-8-10-26-54(51)61-55-27-11-9-24-52(55)59/h1-37H. The van der Waals surface area contributed by atoms with Crippen LogP contribution < -0.4 is 9.64 Å². The van der Waals surface area contributed by atoms with Crippen molar-refractivity contribution >= 4 is 49.8 Å². The largest absolute Gasteiger partial charge is 0.457 e. The van der Waals surface area contributed by atoms with Gasteiger partial charge in [0.2, 0.25) is 0 Å². The minimum absolute atomic E-state index is 0.518. The first-order chi connectivity index (χ1) is 30.7. The molecule has 13 rings (SSSR count). The molecule has 0 N–H and O–H groups in total. The lowest BCUT2D eigenvalue weighted by Crippen LogP contribution is -2.32. The summed E-state index contributed by atoms with van der Waals surface area (Å²) < 4.78 is 13.3. The highest BCUT2D eigenvalue weighted by Gasteiger charge is 2.51.